The fourth-order valence-corrected chi connectivity index (χ4v) is 5.97. The van der Waals surface area contributed by atoms with Crippen molar-refractivity contribution in [1.82, 2.24) is 14.5 Å². The molecule has 4 atom stereocenters. The van der Waals surface area contributed by atoms with Crippen molar-refractivity contribution in [1.29, 1.82) is 0 Å². The van der Waals surface area contributed by atoms with Gasteiger partial charge in [-0.15, -0.1) is 11.3 Å². The highest BCUT2D eigenvalue weighted by atomic mass is 32.1. The number of likely N-dealkylation sites (tertiary alicyclic amines) is 1. The summed E-state index contributed by atoms with van der Waals surface area (Å²) in [4.78, 5) is 32.4. The van der Waals surface area contributed by atoms with Crippen LogP contribution in [0.2, 0.25) is 0 Å². The molecule has 1 fully saturated rings. The van der Waals surface area contributed by atoms with Gasteiger partial charge >= 0.3 is 0 Å². The molecule has 2 N–H and O–H groups in total. The lowest BCUT2D eigenvalue weighted by Crippen LogP contribution is -2.45. The Balaban J connectivity index is 1.60. The first-order valence-corrected chi connectivity index (χ1v) is 12.2. The second-order valence-corrected chi connectivity index (χ2v) is 9.66. The number of aromatic nitrogens is 2. The van der Waals surface area contributed by atoms with Crippen molar-refractivity contribution in [3.63, 3.8) is 0 Å². The normalized spacial score (nSPS) is 23.5. The lowest BCUT2D eigenvalue weighted by Gasteiger charge is -2.30. The first kappa shape index (κ1) is 23.5. The van der Waals surface area contributed by atoms with Crippen LogP contribution in [0.25, 0.3) is 6.08 Å². The van der Waals surface area contributed by atoms with Gasteiger partial charge in [-0.3, -0.25) is 14.5 Å². The standard InChI is InChI=1S/C25H24F2N4O3S/c1-2-3-14-4-7-20-21-17(12-30(20)24(14)34)18(13-32)22(23(33)29-25-28-8-9-35-25)31(21)11-15-10-16(26)5-6-19(15)27/h2-10,17-18,21-22,32H,11-13H2,1H3,(H,28,29,33)/b3-2-/t17-,18-,21+,22-/m0/s1. The molecular formula is C25H24F2N4O3S. The van der Waals surface area contributed by atoms with Crippen molar-refractivity contribution in [2.75, 3.05) is 11.9 Å². The molecule has 0 bridgehead atoms. The van der Waals surface area contributed by atoms with Crippen LogP contribution in [0.1, 0.15) is 29.8 Å². The number of thiazole rings is 1. The van der Waals surface area contributed by atoms with Gasteiger partial charge in [0.15, 0.2) is 5.13 Å². The van der Waals surface area contributed by atoms with Gasteiger partial charge in [-0.2, -0.15) is 0 Å². The predicted molar refractivity (Wildman–Crippen MR) is 129 cm³/mol. The maximum Gasteiger partial charge on any atom is 0.258 e. The molecule has 1 amide bonds. The molecule has 2 aromatic heterocycles. The number of allylic oxidation sites excluding steroid dienone is 1. The topological polar surface area (TPSA) is 87.5 Å². The Morgan fingerprint density at radius 2 is 2.14 bits per heavy atom. The molecule has 3 aromatic rings. The summed E-state index contributed by atoms with van der Waals surface area (Å²) in [5.74, 6) is -2.35. The molecule has 0 unspecified atom stereocenters. The number of amides is 1. The Bertz CT molecular complexity index is 1340. The first-order chi connectivity index (χ1) is 16.9. The third-order valence-electron chi connectivity index (χ3n) is 6.86. The van der Waals surface area contributed by atoms with E-state index in [0.717, 1.165) is 18.2 Å². The minimum Gasteiger partial charge on any atom is -0.396 e. The molecule has 0 radical (unpaired) electrons. The summed E-state index contributed by atoms with van der Waals surface area (Å²) in [5.41, 5.74) is 1.17. The number of fused-ring (bicyclic) bond motifs is 3. The number of aliphatic hydroxyl groups excluding tert-OH is 1. The second kappa shape index (κ2) is 9.44. The summed E-state index contributed by atoms with van der Waals surface area (Å²) in [7, 11) is 0. The van der Waals surface area contributed by atoms with E-state index in [1.165, 1.54) is 11.3 Å². The van der Waals surface area contributed by atoms with Crippen LogP contribution in [0.4, 0.5) is 13.9 Å². The van der Waals surface area contributed by atoms with E-state index in [-0.39, 0.29) is 36.1 Å². The van der Waals surface area contributed by atoms with Crippen molar-refractivity contribution in [2.24, 2.45) is 11.8 Å². The summed E-state index contributed by atoms with van der Waals surface area (Å²) in [5, 5.41) is 15.3. The van der Waals surface area contributed by atoms with Crippen LogP contribution >= 0.6 is 11.3 Å². The molecule has 4 heterocycles. The summed E-state index contributed by atoms with van der Waals surface area (Å²) < 4.78 is 30.3. The summed E-state index contributed by atoms with van der Waals surface area (Å²) in [6.07, 6.45) is 5.09. The van der Waals surface area contributed by atoms with Crippen molar-refractivity contribution >= 4 is 28.5 Å². The number of aliphatic hydroxyl groups is 1. The quantitative estimate of drug-likeness (QED) is 0.544. The highest BCUT2D eigenvalue weighted by Gasteiger charge is 2.55. The number of carbonyl (C=O) groups is 1. The first-order valence-electron chi connectivity index (χ1n) is 11.3. The monoisotopic (exact) mass is 498 g/mol. The van der Waals surface area contributed by atoms with Gasteiger partial charge in [-0.1, -0.05) is 12.2 Å². The van der Waals surface area contributed by atoms with Crippen LogP contribution in [-0.2, 0) is 17.9 Å². The fraction of sp³-hybridized carbons (Fsp3) is 0.320. The number of hydrogen-bond donors (Lipinski definition) is 2. The maximum atomic E-state index is 14.7. The highest BCUT2D eigenvalue weighted by Crippen LogP contribution is 2.50. The maximum absolute atomic E-state index is 14.7. The zero-order valence-corrected chi connectivity index (χ0v) is 19.7. The Morgan fingerprint density at radius 3 is 2.86 bits per heavy atom. The molecule has 0 aliphatic carbocycles. The van der Waals surface area contributed by atoms with Crippen LogP contribution in [-0.4, -0.2) is 38.1 Å². The molecule has 1 saturated heterocycles. The number of pyridine rings is 1. The van der Waals surface area contributed by atoms with E-state index in [9.17, 15) is 23.5 Å². The van der Waals surface area contributed by atoms with Gasteiger partial charge in [0, 0.05) is 59.9 Å². The molecule has 0 saturated carbocycles. The van der Waals surface area contributed by atoms with E-state index in [4.69, 9.17) is 0 Å². The third kappa shape index (κ3) is 4.11. The number of carbonyl (C=O) groups excluding carboxylic acids is 1. The van der Waals surface area contributed by atoms with Gasteiger partial charge in [0.1, 0.15) is 11.6 Å². The van der Waals surface area contributed by atoms with E-state index >= 15 is 0 Å². The van der Waals surface area contributed by atoms with Gasteiger partial charge in [0.2, 0.25) is 5.91 Å². The number of benzene rings is 1. The van der Waals surface area contributed by atoms with E-state index in [1.54, 1.807) is 39.3 Å². The number of nitrogens with zero attached hydrogens (tertiary/aromatic N) is 3. The number of nitrogens with one attached hydrogen (secondary N) is 1. The average Bonchev–Trinajstić information content (AvgIpc) is 3.54. The lowest BCUT2D eigenvalue weighted by molar-refractivity contribution is -0.122. The molecule has 182 valence electrons. The van der Waals surface area contributed by atoms with Crippen molar-refractivity contribution < 1.29 is 18.7 Å². The van der Waals surface area contributed by atoms with Crippen LogP contribution < -0.4 is 10.9 Å². The molecule has 1 aromatic carbocycles. The van der Waals surface area contributed by atoms with Crippen LogP contribution in [0.3, 0.4) is 0 Å². The Labute approximate surface area is 204 Å². The number of halogens is 2. The second-order valence-electron chi connectivity index (χ2n) is 8.76. The van der Waals surface area contributed by atoms with Crippen molar-refractivity contribution in [3.8, 4) is 0 Å². The molecule has 2 aliphatic heterocycles. The van der Waals surface area contributed by atoms with Crippen LogP contribution in [0, 0.1) is 23.5 Å². The Hall–Kier alpha value is -3.21. The van der Waals surface area contributed by atoms with Gasteiger partial charge in [-0.05, 0) is 37.3 Å². The smallest absolute Gasteiger partial charge is 0.258 e. The molecule has 5 rings (SSSR count). The van der Waals surface area contributed by atoms with Gasteiger partial charge in [0.25, 0.3) is 5.56 Å². The van der Waals surface area contributed by atoms with Crippen molar-refractivity contribution in [3.05, 3.63) is 86.8 Å². The van der Waals surface area contributed by atoms with Crippen LogP contribution in [0.5, 0.6) is 0 Å². The molecule has 35 heavy (non-hydrogen) atoms. The largest absolute Gasteiger partial charge is 0.396 e. The van der Waals surface area contributed by atoms with E-state index < -0.39 is 29.6 Å². The minimum atomic E-state index is -0.833. The molecule has 10 heteroatoms. The summed E-state index contributed by atoms with van der Waals surface area (Å²) in [6, 6.07) is 5.52. The summed E-state index contributed by atoms with van der Waals surface area (Å²) in [6.45, 7) is 1.78. The minimum absolute atomic E-state index is 0.0674. The molecule has 2 aliphatic rings. The van der Waals surface area contributed by atoms with Crippen LogP contribution in [0.15, 0.2) is 52.8 Å². The zero-order chi connectivity index (χ0) is 24.7. The van der Waals surface area contributed by atoms with E-state index in [1.807, 2.05) is 13.0 Å². The van der Waals surface area contributed by atoms with Gasteiger partial charge in [-0.25, -0.2) is 13.8 Å². The average molecular weight is 499 g/mol. The van der Waals surface area contributed by atoms with Gasteiger partial charge < -0.3 is 15.0 Å². The predicted octanol–water partition coefficient (Wildman–Crippen LogP) is 3.42. The number of rotatable bonds is 6. The molecular weight excluding hydrogens is 474 g/mol. The number of anilines is 1. The van der Waals surface area contributed by atoms with E-state index in [0.29, 0.717) is 22.9 Å². The fourth-order valence-electron chi connectivity index (χ4n) is 5.43. The molecule has 7 nitrogen and oxygen atoms in total. The molecule has 0 spiro atoms. The highest BCUT2D eigenvalue weighted by molar-refractivity contribution is 7.13. The van der Waals surface area contributed by atoms with E-state index in [2.05, 4.69) is 10.3 Å². The zero-order valence-electron chi connectivity index (χ0n) is 18.9. The van der Waals surface area contributed by atoms with Crippen molar-refractivity contribution in [2.45, 2.75) is 32.1 Å². The lowest BCUT2D eigenvalue weighted by atomic mass is 9.88. The SMILES string of the molecule is C/C=C\c1ccc2n(c1=O)C[C@H]1[C@H](CO)[C@@H](C(=O)Nc3nccs3)N(Cc3cc(F)ccc3F)[C@@H]21. The summed E-state index contributed by atoms with van der Waals surface area (Å²) >= 11 is 1.26. The Kier molecular flexibility index (Phi) is 6.35. The van der Waals surface area contributed by atoms with Gasteiger partial charge in [0.05, 0.1) is 12.1 Å². The third-order valence-corrected chi connectivity index (χ3v) is 7.55. The number of hydrogen-bond acceptors (Lipinski definition) is 6. The Morgan fingerprint density at radius 1 is 1.31 bits per heavy atom.